The topological polar surface area (TPSA) is 176 Å². The molecule has 1 heterocycles. The smallest absolute Gasteiger partial charge is 0.326 e. The first kappa shape index (κ1) is 20.8. The fraction of sp³-hybridized carbons (Fsp3) is 0.733. The van der Waals surface area contributed by atoms with Crippen molar-refractivity contribution in [3.05, 3.63) is 0 Å². The predicted octanol–water partition coefficient (Wildman–Crippen LogP) is -1.52. The zero-order valence-corrected chi connectivity index (χ0v) is 14.0. The molecule has 0 aromatic carbocycles. The molecule has 0 radical (unpaired) electrons. The van der Waals surface area contributed by atoms with E-state index in [-0.39, 0.29) is 6.54 Å². The van der Waals surface area contributed by atoms with Crippen molar-refractivity contribution in [2.45, 2.75) is 56.7 Å². The van der Waals surface area contributed by atoms with Crippen LogP contribution in [0.2, 0.25) is 0 Å². The number of nitrogens with zero attached hydrogens (tertiary/aromatic N) is 1. The zero-order chi connectivity index (χ0) is 19.0. The fourth-order valence-corrected chi connectivity index (χ4v) is 2.78. The number of rotatable bonds is 10. The molecule has 142 valence electrons. The van der Waals surface area contributed by atoms with Crippen molar-refractivity contribution >= 4 is 23.8 Å². The van der Waals surface area contributed by atoms with Crippen LogP contribution >= 0.6 is 0 Å². The van der Waals surface area contributed by atoms with Crippen LogP contribution in [0, 0.1) is 0 Å². The Kier molecular flexibility index (Phi) is 8.29. The molecule has 1 fully saturated rings. The lowest BCUT2D eigenvalue weighted by atomic mass is 10.1. The molecule has 1 aliphatic rings. The molecule has 3 unspecified atom stereocenters. The number of carboxylic acids is 2. The lowest BCUT2D eigenvalue weighted by Crippen LogP contribution is -2.55. The zero-order valence-electron chi connectivity index (χ0n) is 14.0. The quantitative estimate of drug-likeness (QED) is 0.292. The molecule has 1 rings (SSSR count). The van der Waals surface area contributed by atoms with Gasteiger partial charge in [0.1, 0.15) is 12.1 Å². The molecule has 1 saturated heterocycles. The molecule has 0 bridgehead atoms. The summed E-state index contributed by atoms with van der Waals surface area (Å²) in [7, 11) is 0. The summed E-state index contributed by atoms with van der Waals surface area (Å²) >= 11 is 0. The molecule has 0 saturated carbocycles. The first-order valence-electron chi connectivity index (χ1n) is 8.29. The molecule has 1 aliphatic heterocycles. The van der Waals surface area contributed by atoms with E-state index in [1.165, 1.54) is 0 Å². The number of nitrogens with one attached hydrogen (secondary N) is 1. The highest BCUT2D eigenvalue weighted by Gasteiger charge is 2.38. The molecule has 2 amide bonds. The highest BCUT2D eigenvalue weighted by molar-refractivity contribution is 5.94. The van der Waals surface area contributed by atoms with Gasteiger partial charge in [-0.05, 0) is 32.2 Å². The Morgan fingerprint density at radius 1 is 1.20 bits per heavy atom. The van der Waals surface area contributed by atoms with E-state index in [1.54, 1.807) is 0 Å². The first-order valence-corrected chi connectivity index (χ1v) is 8.29. The van der Waals surface area contributed by atoms with Crippen LogP contribution in [0.1, 0.15) is 38.5 Å². The summed E-state index contributed by atoms with van der Waals surface area (Å²) in [6, 6.07) is -3.23. The number of nitrogens with two attached hydrogens (primary N) is 2. The third kappa shape index (κ3) is 6.31. The molecule has 7 N–H and O–H groups in total. The van der Waals surface area contributed by atoms with E-state index in [4.69, 9.17) is 21.7 Å². The Labute approximate surface area is 145 Å². The Hall–Kier alpha value is -2.20. The minimum absolute atomic E-state index is 0.213. The minimum Gasteiger partial charge on any atom is -0.481 e. The number of aliphatic carboxylic acids is 2. The van der Waals surface area contributed by atoms with Gasteiger partial charge in [-0.3, -0.25) is 14.4 Å². The number of amides is 2. The second kappa shape index (κ2) is 9.94. The van der Waals surface area contributed by atoms with Gasteiger partial charge in [-0.15, -0.1) is 0 Å². The number of carbonyl (C=O) groups is 4. The van der Waals surface area contributed by atoms with E-state index in [0.717, 1.165) is 4.90 Å². The second-order valence-electron chi connectivity index (χ2n) is 6.08. The summed E-state index contributed by atoms with van der Waals surface area (Å²) in [5.41, 5.74) is 11.1. The van der Waals surface area contributed by atoms with Crippen LogP contribution in [0.5, 0.6) is 0 Å². The number of unbranched alkanes of at least 4 members (excludes halogenated alkanes) is 1. The van der Waals surface area contributed by atoms with Crippen LogP contribution in [-0.2, 0) is 19.2 Å². The van der Waals surface area contributed by atoms with Crippen LogP contribution in [0.3, 0.4) is 0 Å². The maximum atomic E-state index is 12.5. The summed E-state index contributed by atoms with van der Waals surface area (Å²) < 4.78 is 0. The van der Waals surface area contributed by atoms with Gasteiger partial charge in [0.25, 0.3) is 0 Å². The molecule has 0 aliphatic carbocycles. The van der Waals surface area contributed by atoms with Crippen molar-refractivity contribution in [1.82, 2.24) is 10.2 Å². The number of carboxylic acid groups (broad SMARTS) is 2. The van der Waals surface area contributed by atoms with Crippen molar-refractivity contribution in [1.29, 1.82) is 0 Å². The third-order valence-electron chi connectivity index (χ3n) is 4.12. The maximum absolute atomic E-state index is 12.5. The van der Waals surface area contributed by atoms with Crippen LogP contribution in [0.15, 0.2) is 0 Å². The van der Waals surface area contributed by atoms with E-state index in [2.05, 4.69) is 5.32 Å². The number of likely N-dealkylation sites (tertiary alicyclic amines) is 1. The standard InChI is InChI=1S/C15H26N4O6/c16-6-2-1-4-9(17)13(22)18-10(8-12(20)21)14(23)19-7-3-5-11(19)15(24)25/h9-11H,1-8,16-17H2,(H,18,22)(H,20,21)(H,24,25). The monoisotopic (exact) mass is 358 g/mol. The van der Waals surface area contributed by atoms with Crippen molar-refractivity contribution in [3.8, 4) is 0 Å². The van der Waals surface area contributed by atoms with Gasteiger partial charge in [0.15, 0.2) is 0 Å². The lowest BCUT2D eigenvalue weighted by Gasteiger charge is -2.27. The van der Waals surface area contributed by atoms with Gasteiger partial charge < -0.3 is 31.9 Å². The largest absolute Gasteiger partial charge is 0.481 e. The molecule has 10 nitrogen and oxygen atoms in total. The van der Waals surface area contributed by atoms with Crippen LogP contribution in [0.25, 0.3) is 0 Å². The maximum Gasteiger partial charge on any atom is 0.326 e. The van der Waals surface area contributed by atoms with Gasteiger partial charge in [-0.25, -0.2) is 4.79 Å². The molecular weight excluding hydrogens is 332 g/mol. The summed E-state index contributed by atoms with van der Waals surface area (Å²) in [6.07, 6.45) is 1.87. The summed E-state index contributed by atoms with van der Waals surface area (Å²) in [5, 5.41) is 20.5. The highest BCUT2D eigenvalue weighted by Crippen LogP contribution is 2.19. The summed E-state index contributed by atoms with van der Waals surface area (Å²) in [5.74, 6) is -3.77. The summed E-state index contributed by atoms with van der Waals surface area (Å²) in [4.78, 5) is 48.0. The number of carbonyl (C=O) groups excluding carboxylic acids is 2. The molecular formula is C15H26N4O6. The Bertz CT molecular complexity index is 512. The van der Waals surface area contributed by atoms with Crippen molar-refractivity contribution in [3.63, 3.8) is 0 Å². The van der Waals surface area contributed by atoms with Gasteiger partial charge in [0.2, 0.25) is 11.8 Å². The van der Waals surface area contributed by atoms with Gasteiger partial charge in [-0.2, -0.15) is 0 Å². The number of hydrogen-bond acceptors (Lipinski definition) is 6. The van der Waals surface area contributed by atoms with Crippen molar-refractivity contribution in [2.75, 3.05) is 13.1 Å². The Morgan fingerprint density at radius 2 is 1.88 bits per heavy atom. The van der Waals surface area contributed by atoms with Crippen molar-refractivity contribution in [2.24, 2.45) is 11.5 Å². The summed E-state index contributed by atoms with van der Waals surface area (Å²) in [6.45, 7) is 0.685. The third-order valence-corrected chi connectivity index (χ3v) is 4.12. The van der Waals surface area contributed by atoms with Crippen LogP contribution < -0.4 is 16.8 Å². The Balaban J connectivity index is 2.76. The van der Waals surface area contributed by atoms with E-state index in [1.807, 2.05) is 0 Å². The van der Waals surface area contributed by atoms with Crippen molar-refractivity contribution < 1.29 is 29.4 Å². The second-order valence-corrected chi connectivity index (χ2v) is 6.08. The molecule has 25 heavy (non-hydrogen) atoms. The predicted molar refractivity (Wildman–Crippen MR) is 87.4 cm³/mol. The molecule has 0 aromatic heterocycles. The fourth-order valence-electron chi connectivity index (χ4n) is 2.78. The van der Waals surface area contributed by atoms with E-state index < -0.39 is 48.3 Å². The Morgan fingerprint density at radius 3 is 2.44 bits per heavy atom. The lowest BCUT2D eigenvalue weighted by molar-refractivity contribution is -0.150. The van der Waals surface area contributed by atoms with Gasteiger partial charge in [0.05, 0.1) is 12.5 Å². The van der Waals surface area contributed by atoms with E-state index >= 15 is 0 Å². The van der Waals surface area contributed by atoms with E-state index in [0.29, 0.717) is 38.6 Å². The normalized spacial score (nSPS) is 19.3. The average molecular weight is 358 g/mol. The molecule has 0 aromatic rings. The van der Waals surface area contributed by atoms with Crippen LogP contribution in [-0.4, -0.2) is 70.1 Å². The SMILES string of the molecule is NCCCCC(N)C(=O)NC(CC(=O)O)C(=O)N1CCCC1C(=O)O. The number of hydrogen-bond donors (Lipinski definition) is 5. The molecule has 10 heteroatoms. The van der Waals surface area contributed by atoms with Gasteiger partial charge in [-0.1, -0.05) is 6.42 Å². The van der Waals surface area contributed by atoms with Crippen LogP contribution in [0.4, 0.5) is 0 Å². The van der Waals surface area contributed by atoms with E-state index in [9.17, 15) is 19.2 Å². The minimum atomic E-state index is -1.34. The average Bonchev–Trinajstić information content (AvgIpc) is 3.02. The first-order chi connectivity index (χ1) is 11.8. The highest BCUT2D eigenvalue weighted by atomic mass is 16.4. The van der Waals surface area contributed by atoms with Gasteiger partial charge >= 0.3 is 11.9 Å². The molecule has 3 atom stereocenters. The molecule has 0 spiro atoms. The van der Waals surface area contributed by atoms with Gasteiger partial charge in [0, 0.05) is 6.54 Å².